The molecule has 1 aliphatic rings. The molecule has 7 heteroatoms. The van der Waals surface area contributed by atoms with Crippen molar-refractivity contribution in [2.45, 2.75) is 65.6 Å². The highest BCUT2D eigenvalue weighted by Gasteiger charge is 2.49. The number of rotatable bonds is 10. The fourth-order valence-corrected chi connectivity index (χ4v) is 2.37. The molecule has 0 bridgehead atoms. The predicted molar refractivity (Wildman–Crippen MR) is 91.2 cm³/mol. The number of ether oxygens (including phenoxy) is 1. The monoisotopic (exact) mass is 341 g/mol. The average molecular weight is 341 g/mol. The minimum absolute atomic E-state index is 0.175. The van der Waals surface area contributed by atoms with E-state index in [0.717, 1.165) is 6.42 Å². The predicted octanol–water partition coefficient (Wildman–Crippen LogP) is 0.583. The van der Waals surface area contributed by atoms with E-state index in [2.05, 4.69) is 29.8 Å². The first-order valence-electron chi connectivity index (χ1n) is 8.77. The van der Waals surface area contributed by atoms with Crippen molar-refractivity contribution in [3.8, 4) is 0 Å². The second kappa shape index (κ2) is 9.61. The molecule has 0 aliphatic carbocycles. The maximum absolute atomic E-state index is 12.3. The molecule has 7 nitrogen and oxygen atoms in total. The molecule has 0 unspecified atom stereocenters. The molecule has 138 valence electrons. The molecule has 1 aliphatic heterocycles. The highest BCUT2D eigenvalue weighted by atomic mass is 16.5. The Bertz CT molecular complexity index is 451. The van der Waals surface area contributed by atoms with Crippen LogP contribution < -0.4 is 16.0 Å². The van der Waals surface area contributed by atoms with Crippen LogP contribution in [0.5, 0.6) is 0 Å². The Kier molecular flexibility index (Phi) is 8.18. The molecule has 1 fully saturated rings. The van der Waals surface area contributed by atoms with Crippen LogP contribution in [0.4, 0.5) is 0 Å². The second-order valence-electron chi connectivity index (χ2n) is 7.04. The number of carbonyl (C=O) groups excluding carboxylic acids is 3. The Morgan fingerprint density at radius 3 is 2.29 bits per heavy atom. The average Bonchev–Trinajstić information content (AvgIpc) is 3.26. The summed E-state index contributed by atoms with van der Waals surface area (Å²) in [5, 5.41) is 8.42. The summed E-state index contributed by atoms with van der Waals surface area (Å²) in [4.78, 5) is 36.1. The van der Waals surface area contributed by atoms with Crippen LogP contribution in [-0.4, -0.2) is 49.1 Å². The number of esters is 1. The van der Waals surface area contributed by atoms with Crippen molar-refractivity contribution in [3.05, 3.63) is 0 Å². The molecule has 3 N–H and O–H groups in total. The summed E-state index contributed by atoms with van der Waals surface area (Å²) in [7, 11) is 0. The first-order chi connectivity index (χ1) is 11.3. The summed E-state index contributed by atoms with van der Waals surface area (Å²) in [6, 6.07) is -1.80. The van der Waals surface area contributed by atoms with Crippen molar-refractivity contribution in [2.24, 2.45) is 11.8 Å². The molecule has 0 aromatic rings. The zero-order chi connectivity index (χ0) is 18.3. The Morgan fingerprint density at radius 1 is 1.08 bits per heavy atom. The van der Waals surface area contributed by atoms with Crippen molar-refractivity contribution in [2.75, 3.05) is 13.2 Å². The van der Waals surface area contributed by atoms with E-state index in [4.69, 9.17) is 4.74 Å². The highest BCUT2D eigenvalue weighted by Crippen LogP contribution is 2.14. The van der Waals surface area contributed by atoms with Gasteiger partial charge in [0, 0.05) is 6.54 Å². The summed E-state index contributed by atoms with van der Waals surface area (Å²) in [5.74, 6) is -0.174. The lowest BCUT2D eigenvalue weighted by atomic mass is 10.0. The van der Waals surface area contributed by atoms with Gasteiger partial charge in [-0.25, -0.2) is 0 Å². The topological polar surface area (TPSA) is 106 Å². The first kappa shape index (κ1) is 20.4. The molecule has 1 saturated heterocycles. The molecule has 0 spiro atoms. The van der Waals surface area contributed by atoms with Gasteiger partial charge in [-0.2, -0.15) is 0 Å². The number of hydrogen-bond donors (Lipinski definition) is 3. The third kappa shape index (κ3) is 6.86. The van der Waals surface area contributed by atoms with Gasteiger partial charge in [-0.05, 0) is 31.6 Å². The summed E-state index contributed by atoms with van der Waals surface area (Å²) < 4.78 is 4.88. The maximum Gasteiger partial charge on any atom is 0.325 e. The molecule has 2 amide bonds. The molecule has 1 heterocycles. The van der Waals surface area contributed by atoms with Gasteiger partial charge < -0.3 is 15.4 Å². The summed E-state index contributed by atoms with van der Waals surface area (Å²) >= 11 is 0. The van der Waals surface area contributed by atoms with Crippen LogP contribution in [0.2, 0.25) is 0 Å². The smallest absolute Gasteiger partial charge is 0.325 e. The second-order valence-corrected chi connectivity index (χ2v) is 7.04. The van der Waals surface area contributed by atoms with Crippen LogP contribution in [0.15, 0.2) is 0 Å². The van der Waals surface area contributed by atoms with Crippen molar-refractivity contribution in [1.82, 2.24) is 16.0 Å². The van der Waals surface area contributed by atoms with Crippen molar-refractivity contribution < 1.29 is 19.1 Å². The molecule has 0 aromatic carbocycles. The number of nitrogens with one attached hydrogen (secondary N) is 3. The van der Waals surface area contributed by atoms with Gasteiger partial charge in [0.25, 0.3) is 0 Å². The molecule has 0 aromatic heterocycles. The van der Waals surface area contributed by atoms with E-state index in [1.165, 1.54) is 0 Å². The zero-order valence-corrected chi connectivity index (χ0v) is 15.3. The quantitative estimate of drug-likeness (QED) is 0.398. The van der Waals surface area contributed by atoms with Gasteiger partial charge >= 0.3 is 5.97 Å². The lowest BCUT2D eigenvalue weighted by Gasteiger charge is -2.20. The van der Waals surface area contributed by atoms with E-state index in [9.17, 15) is 14.4 Å². The van der Waals surface area contributed by atoms with E-state index in [1.54, 1.807) is 6.92 Å². The van der Waals surface area contributed by atoms with E-state index in [0.29, 0.717) is 18.9 Å². The lowest BCUT2D eigenvalue weighted by Crippen LogP contribution is -2.49. The van der Waals surface area contributed by atoms with Gasteiger partial charge in [-0.3, -0.25) is 19.7 Å². The Hall–Kier alpha value is -1.63. The van der Waals surface area contributed by atoms with Gasteiger partial charge in [0.15, 0.2) is 0 Å². The largest absolute Gasteiger partial charge is 0.465 e. The van der Waals surface area contributed by atoms with Gasteiger partial charge in [0.2, 0.25) is 11.8 Å². The third-order valence-corrected chi connectivity index (χ3v) is 3.77. The summed E-state index contributed by atoms with van der Waals surface area (Å²) in [6.45, 7) is 10.8. The van der Waals surface area contributed by atoms with Crippen LogP contribution in [0, 0.1) is 11.8 Å². The SMILES string of the molecule is CCOC(=O)[C@H]1N[C@@H]1C(=O)N[C@@H](CC(C)C)C(=O)NCCC(C)C. The Balaban J connectivity index is 2.52. The number of carbonyl (C=O) groups is 3. The van der Waals surface area contributed by atoms with Crippen molar-refractivity contribution in [1.29, 1.82) is 0 Å². The van der Waals surface area contributed by atoms with Crippen LogP contribution in [0.1, 0.15) is 47.5 Å². The minimum Gasteiger partial charge on any atom is -0.465 e. The fraction of sp³-hybridized carbons (Fsp3) is 0.824. The van der Waals surface area contributed by atoms with E-state index in [1.807, 2.05) is 13.8 Å². The van der Waals surface area contributed by atoms with E-state index >= 15 is 0 Å². The fourth-order valence-electron chi connectivity index (χ4n) is 2.37. The molecule has 1 rings (SSSR count). The van der Waals surface area contributed by atoms with Gasteiger partial charge in [-0.1, -0.05) is 27.7 Å². The number of hydrogen-bond acceptors (Lipinski definition) is 5. The van der Waals surface area contributed by atoms with Crippen LogP contribution in [-0.2, 0) is 19.1 Å². The minimum atomic E-state index is -0.609. The van der Waals surface area contributed by atoms with Crippen molar-refractivity contribution >= 4 is 17.8 Å². The Morgan fingerprint density at radius 2 is 1.75 bits per heavy atom. The molecule has 3 atom stereocenters. The van der Waals surface area contributed by atoms with Gasteiger partial charge in [0.1, 0.15) is 18.1 Å². The van der Waals surface area contributed by atoms with Gasteiger partial charge in [-0.15, -0.1) is 0 Å². The number of amides is 2. The first-order valence-corrected chi connectivity index (χ1v) is 8.77. The van der Waals surface area contributed by atoms with Crippen molar-refractivity contribution in [3.63, 3.8) is 0 Å². The summed E-state index contributed by atoms with van der Waals surface area (Å²) in [6.07, 6.45) is 1.44. The van der Waals surface area contributed by atoms with E-state index < -0.39 is 24.1 Å². The standard InChI is InChI=1S/C17H31N3O4/c1-6-24-17(23)14-13(20-14)16(22)19-12(9-11(4)5)15(21)18-8-7-10(2)3/h10-14,20H,6-9H2,1-5H3,(H,18,21)(H,19,22)/t12-,13-,14-/m0/s1. The Labute approximate surface area is 144 Å². The molecular formula is C17H31N3O4. The highest BCUT2D eigenvalue weighted by molar-refractivity contribution is 5.97. The van der Waals surface area contributed by atoms with Crippen LogP contribution >= 0.6 is 0 Å². The van der Waals surface area contributed by atoms with E-state index in [-0.39, 0.29) is 24.3 Å². The molecule has 24 heavy (non-hydrogen) atoms. The van der Waals surface area contributed by atoms with Crippen LogP contribution in [0.25, 0.3) is 0 Å². The normalized spacial score (nSPS) is 20.6. The molecule has 0 saturated carbocycles. The van der Waals surface area contributed by atoms with Gasteiger partial charge in [0.05, 0.1) is 6.61 Å². The maximum atomic E-state index is 12.3. The zero-order valence-electron chi connectivity index (χ0n) is 15.3. The molecular weight excluding hydrogens is 310 g/mol. The van der Waals surface area contributed by atoms with Crippen LogP contribution in [0.3, 0.4) is 0 Å². The summed E-state index contributed by atoms with van der Waals surface area (Å²) in [5.41, 5.74) is 0. The third-order valence-electron chi connectivity index (χ3n) is 3.77. The molecule has 0 radical (unpaired) electrons. The lowest BCUT2D eigenvalue weighted by molar-refractivity contribution is -0.143.